The molecule has 28 heavy (non-hydrogen) atoms. The molecule has 0 atom stereocenters. The van der Waals surface area contributed by atoms with Crippen LogP contribution in [0.2, 0.25) is 0 Å². The first-order chi connectivity index (χ1) is 13.2. The van der Waals surface area contributed by atoms with Gasteiger partial charge in [0.2, 0.25) is 0 Å². The van der Waals surface area contributed by atoms with Gasteiger partial charge in [0.1, 0.15) is 0 Å². The van der Waals surface area contributed by atoms with Gasteiger partial charge in [0.15, 0.2) is 0 Å². The average molecular weight is 409 g/mol. The number of hydrogen-bond acceptors (Lipinski definition) is 3. The van der Waals surface area contributed by atoms with Crippen LogP contribution in [0.1, 0.15) is 39.7 Å². The summed E-state index contributed by atoms with van der Waals surface area (Å²) in [4.78, 5) is 0. The SMILES string of the molecule is CC[N+](CC)(CC)CC.NC1=CC=C2C(=Cc3ccccc3N2S(=O)(=O)F)C1. The lowest BCUT2D eigenvalue weighted by Gasteiger charge is -2.34. The van der Waals surface area contributed by atoms with E-state index in [1.54, 1.807) is 30.3 Å². The molecule has 1 heterocycles. The lowest BCUT2D eigenvalue weighted by atomic mass is 9.94. The Bertz CT molecular complexity index is 882. The van der Waals surface area contributed by atoms with Crippen LogP contribution in [0, 0.1) is 0 Å². The first-order valence-corrected chi connectivity index (χ1v) is 11.1. The molecule has 2 aliphatic rings. The summed E-state index contributed by atoms with van der Waals surface area (Å²) in [5.74, 6) is 0. The van der Waals surface area contributed by atoms with Crippen LogP contribution in [0.25, 0.3) is 6.08 Å². The van der Waals surface area contributed by atoms with Gasteiger partial charge in [-0.05, 0) is 63.1 Å². The third-order valence-electron chi connectivity index (χ3n) is 5.78. The highest BCUT2D eigenvalue weighted by atomic mass is 32.3. The Hall–Kier alpha value is -2.12. The van der Waals surface area contributed by atoms with Crippen molar-refractivity contribution in [2.75, 3.05) is 30.5 Å². The third kappa shape index (κ3) is 4.64. The number of para-hydroxylation sites is 1. The van der Waals surface area contributed by atoms with Crippen LogP contribution in [-0.2, 0) is 10.4 Å². The van der Waals surface area contributed by atoms with Crippen molar-refractivity contribution in [1.29, 1.82) is 0 Å². The van der Waals surface area contributed by atoms with Crippen LogP contribution in [0.4, 0.5) is 9.57 Å². The number of anilines is 1. The van der Waals surface area contributed by atoms with Crippen LogP contribution in [0.15, 0.2) is 53.4 Å². The van der Waals surface area contributed by atoms with E-state index in [9.17, 15) is 12.3 Å². The van der Waals surface area contributed by atoms with Gasteiger partial charge in [-0.15, -0.1) is 0 Å². The van der Waals surface area contributed by atoms with Crippen molar-refractivity contribution in [2.24, 2.45) is 5.73 Å². The number of nitrogens with two attached hydrogens (primary N) is 1. The summed E-state index contributed by atoms with van der Waals surface area (Å²) >= 11 is 0. The zero-order valence-electron chi connectivity index (χ0n) is 17.2. The second-order valence-electron chi connectivity index (χ2n) is 7.01. The molecule has 1 aromatic carbocycles. The number of hydrogen-bond donors (Lipinski definition) is 1. The summed E-state index contributed by atoms with van der Waals surface area (Å²) in [7, 11) is -4.87. The van der Waals surface area contributed by atoms with Crippen LogP contribution in [0.3, 0.4) is 0 Å². The summed E-state index contributed by atoms with van der Waals surface area (Å²) in [5, 5.41) is 0. The van der Waals surface area contributed by atoms with Crippen molar-refractivity contribution in [2.45, 2.75) is 34.1 Å². The number of benzene rings is 1. The highest BCUT2D eigenvalue weighted by Gasteiger charge is 2.33. The molecule has 5 nitrogen and oxygen atoms in total. The predicted octanol–water partition coefficient (Wildman–Crippen LogP) is 4.12. The molecule has 0 fully saturated rings. The molecule has 3 rings (SSSR count). The molecule has 0 bridgehead atoms. The van der Waals surface area contributed by atoms with E-state index in [-0.39, 0.29) is 0 Å². The lowest BCUT2D eigenvalue weighted by Crippen LogP contribution is -2.47. The summed E-state index contributed by atoms with van der Waals surface area (Å²) in [6.45, 7) is 14.2. The third-order valence-corrected chi connectivity index (χ3v) is 6.61. The maximum Gasteiger partial charge on any atom is 0.403 e. The average Bonchev–Trinajstić information content (AvgIpc) is 2.68. The molecule has 154 valence electrons. The zero-order chi connectivity index (χ0) is 20.9. The van der Waals surface area contributed by atoms with Crippen molar-refractivity contribution in [3.63, 3.8) is 0 Å². The number of nitrogens with zero attached hydrogens (tertiary/aromatic N) is 2. The van der Waals surface area contributed by atoms with E-state index in [0.717, 1.165) is 4.31 Å². The van der Waals surface area contributed by atoms with Gasteiger partial charge in [0.05, 0.1) is 37.6 Å². The molecule has 0 unspecified atom stereocenters. The van der Waals surface area contributed by atoms with E-state index in [0.29, 0.717) is 34.6 Å². The van der Waals surface area contributed by atoms with Gasteiger partial charge >= 0.3 is 10.4 Å². The lowest BCUT2D eigenvalue weighted by molar-refractivity contribution is -0.921. The first-order valence-electron chi connectivity index (χ1n) is 9.77. The quantitative estimate of drug-likeness (QED) is 0.589. The molecule has 0 saturated carbocycles. The molecule has 0 radical (unpaired) electrons. The molecule has 1 aliphatic carbocycles. The highest BCUT2D eigenvalue weighted by molar-refractivity contribution is 7.88. The maximum atomic E-state index is 13.6. The van der Waals surface area contributed by atoms with E-state index >= 15 is 0 Å². The van der Waals surface area contributed by atoms with Crippen molar-refractivity contribution in [1.82, 2.24) is 0 Å². The van der Waals surface area contributed by atoms with E-state index in [1.807, 2.05) is 6.08 Å². The van der Waals surface area contributed by atoms with Crippen molar-refractivity contribution in [3.05, 3.63) is 58.9 Å². The molecule has 2 N–H and O–H groups in total. The molecule has 0 aromatic heterocycles. The molecular weight excluding hydrogens is 377 g/mol. The molecule has 1 aromatic rings. The zero-order valence-corrected chi connectivity index (χ0v) is 18.0. The fraction of sp³-hybridized carbons (Fsp3) is 0.429. The Morgan fingerprint density at radius 1 is 1.04 bits per heavy atom. The van der Waals surface area contributed by atoms with Crippen LogP contribution in [0.5, 0.6) is 0 Å². The van der Waals surface area contributed by atoms with Crippen LogP contribution >= 0.6 is 0 Å². The minimum atomic E-state index is -4.87. The smallest absolute Gasteiger partial charge is 0.402 e. The Balaban J connectivity index is 0.000000266. The fourth-order valence-electron chi connectivity index (χ4n) is 3.67. The Kier molecular flexibility index (Phi) is 7.06. The van der Waals surface area contributed by atoms with E-state index in [4.69, 9.17) is 5.73 Å². The second-order valence-corrected chi connectivity index (χ2v) is 8.20. The molecular formula is C21H31FN3O2S+. The summed E-state index contributed by atoms with van der Waals surface area (Å²) < 4.78 is 38.4. The second kappa shape index (κ2) is 8.92. The highest BCUT2D eigenvalue weighted by Crippen LogP contribution is 2.40. The fourth-order valence-corrected chi connectivity index (χ4v) is 4.49. The summed E-state index contributed by atoms with van der Waals surface area (Å²) in [5.41, 5.74) is 8.33. The van der Waals surface area contributed by atoms with E-state index in [1.165, 1.54) is 36.7 Å². The molecule has 0 amide bonds. The standard InChI is InChI=1S/C13H11FN2O2S.C8H20N/c14-19(17,18)16-12-4-2-1-3-9(12)7-10-8-11(15)5-6-13(10)16;1-5-9(6-2,7-3)8-4/h1-7H,8,15H2;5-8H2,1-4H3/q;+1. The first kappa shape index (κ1) is 22.2. The number of fused-ring (bicyclic) bond motifs is 2. The van der Waals surface area contributed by atoms with E-state index < -0.39 is 10.4 Å². The van der Waals surface area contributed by atoms with Crippen LogP contribution < -0.4 is 10.0 Å². The van der Waals surface area contributed by atoms with Gasteiger partial charge in [-0.1, -0.05) is 22.1 Å². The Labute approximate surface area is 168 Å². The van der Waals surface area contributed by atoms with Gasteiger partial charge < -0.3 is 10.2 Å². The predicted molar refractivity (Wildman–Crippen MR) is 114 cm³/mol. The maximum absolute atomic E-state index is 13.6. The number of quaternary nitrogens is 1. The molecule has 0 spiro atoms. The van der Waals surface area contributed by atoms with Gasteiger partial charge in [-0.25, -0.2) is 4.31 Å². The Morgan fingerprint density at radius 2 is 1.61 bits per heavy atom. The minimum Gasteiger partial charge on any atom is -0.402 e. The number of allylic oxidation sites excluding steroid dienone is 4. The summed E-state index contributed by atoms with van der Waals surface area (Å²) in [6.07, 6.45) is 5.37. The molecule has 0 saturated heterocycles. The Morgan fingerprint density at radius 3 is 2.11 bits per heavy atom. The van der Waals surface area contributed by atoms with Gasteiger partial charge in [0, 0.05) is 12.1 Å². The van der Waals surface area contributed by atoms with E-state index in [2.05, 4.69) is 27.7 Å². The van der Waals surface area contributed by atoms with Crippen LogP contribution in [-0.4, -0.2) is 39.1 Å². The van der Waals surface area contributed by atoms with Gasteiger partial charge in [0.25, 0.3) is 0 Å². The van der Waals surface area contributed by atoms with Gasteiger partial charge in [-0.3, -0.25) is 0 Å². The molecule has 1 aliphatic heterocycles. The number of halogens is 1. The van der Waals surface area contributed by atoms with Crippen molar-refractivity contribution < 1.29 is 16.8 Å². The molecule has 7 heteroatoms. The van der Waals surface area contributed by atoms with Crippen molar-refractivity contribution >= 4 is 22.2 Å². The monoisotopic (exact) mass is 408 g/mol. The summed E-state index contributed by atoms with van der Waals surface area (Å²) in [6, 6.07) is 6.76. The largest absolute Gasteiger partial charge is 0.403 e. The van der Waals surface area contributed by atoms with Crippen molar-refractivity contribution in [3.8, 4) is 0 Å². The number of rotatable bonds is 5. The minimum absolute atomic E-state index is 0.314. The topological polar surface area (TPSA) is 63.4 Å². The van der Waals surface area contributed by atoms with Gasteiger partial charge in [-0.2, -0.15) is 8.42 Å². The normalized spacial score (nSPS) is 16.0.